The molecule has 0 heterocycles. The predicted molar refractivity (Wildman–Crippen MR) is 93.3 cm³/mol. The fourth-order valence-corrected chi connectivity index (χ4v) is 4.71. The minimum absolute atomic E-state index is 0.115. The molecule has 0 aliphatic carbocycles. The molecule has 0 saturated carbocycles. The fourth-order valence-electron chi connectivity index (χ4n) is 2.15. The third-order valence-electron chi connectivity index (χ3n) is 3.73. The smallest absolute Gasteiger partial charge is 0.372 e. The van der Waals surface area contributed by atoms with Crippen molar-refractivity contribution in [1.29, 1.82) is 0 Å². The summed E-state index contributed by atoms with van der Waals surface area (Å²) in [5, 5.41) is 10.4. The molecule has 0 spiro atoms. The summed E-state index contributed by atoms with van der Waals surface area (Å²) in [6, 6.07) is 2.74. The van der Waals surface area contributed by atoms with Gasteiger partial charge in [-0.25, -0.2) is 4.79 Å². The molecule has 0 aromatic rings. The zero-order valence-electron chi connectivity index (χ0n) is 15.3. The van der Waals surface area contributed by atoms with Gasteiger partial charge in [0.15, 0.2) is 5.76 Å². The van der Waals surface area contributed by atoms with E-state index in [9.17, 15) is 14.9 Å². The topological polar surface area (TPSA) is 78.7 Å². The molecule has 0 bridgehead atoms. The third-order valence-corrected chi connectivity index (χ3v) is 8.25. The van der Waals surface area contributed by atoms with Crippen LogP contribution >= 0.6 is 0 Å². The standard InChI is InChI=1S/C16H31NO5Si/c1-7-23(8-2,9-3)22-14(12-10-11-13-17(19)20)15(18)21-16(4,5)6/h12H,7-11,13H2,1-6H3/b14-12-. The summed E-state index contributed by atoms with van der Waals surface area (Å²) in [5.41, 5.74) is -0.602. The van der Waals surface area contributed by atoms with Crippen molar-refractivity contribution in [2.75, 3.05) is 6.54 Å². The average molecular weight is 346 g/mol. The highest BCUT2D eigenvalue weighted by Crippen LogP contribution is 2.26. The molecule has 0 saturated heterocycles. The SMILES string of the molecule is CC[Si](CC)(CC)O/C(=C\CCC[N+](=O)[O-])C(=O)OC(C)(C)C. The van der Waals surface area contributed by atoms with Crippen LogP contribution in [0.15, 0.2) is 11.8 Å². The number of allylic oxidation sites excluding steroid dienone is 1. The number of hydrogen-bond acceptors (Lipinski definition) is 5. The van der Waals surface area contributed by atoms with E-state index >= 15 is 0 Å². The van der Waals surface area contributed by atoms with Crippen molar-refractivity contribution >= 4 is 14.3 Å². The summed E-state index contributed by atoms with van der Waals surface area (Å²) in [7, 11) is -2.00. The Balaban J connectivity index is 5.16. The van der Waals surface area contributed by atoms with Crippen LogP contribution in [-0.2, 0) is 14.0 Å². The number of rotatable bonds is 10. The second-order valence-corrected chi connectivity index (χ2v) is 11.3. The molecule has 0 atom stereocenters. The van der Waals surface area contributed by atoms with Gasteiger partial charge >= 0.3 is 5.97 Å². The molecule has 0 aromatic heterocycles. The first kappa shape index (κ1) is 21.6. The van der Waals surface area contributed by atoms with Crippen LogP contribution in [0.2, 0.25) is 18.1 Å². The van der Waals surface area contributed by atoms with Gasteiger partial charge < -0.3 is 9.16 Å². The van der Waals surface area contributed by atoms with Crippen molar-refractivity contribution in [2.24, 2.45) is 0 Å². The van der Waals surface area contributed by atoms with E-state index in [1.807, 2.05) is 0 Å². The first-order chi connectivity index (χ1) is 10.6. The van der Waals surface area contributed by atoms with Gasteiger partial charge in [0.25, 0.3) is 8.32 Å². The normalized spacial score (nSPS) is 12.9. The first-order valence-electron chi connectivity index (χ1n) is 8.33. The summed E-state index contributed by atoms with van der Waals surface area (Å²) < 4.78 is 11.6. The van der Waals surface area contributed by atoms with Crippen molar-refractivity contribution in [3.05, 3.63) is 21.9 Å². The van der Waals surface area contributed by atoms with Crippen molar-refractivity contribution in [2.45, 2.75) is 78.1 Å². The van der Waals surface area contributed by atoms with Gasteiger partial charge in [0.1, 0.15) is 5.60 Å². The maximum Gasteiger partial charge on any atom is 0.372 e. The molecular formula is C16H31NO5Si. The van der Waals surface area contributed by atoms with Crippen molar-refractivity contribution < 1.29 is 18.9 Å². The van der Waals surface area contributed by atoms with E-state index < -0.39 is 19.9 Å². The summed E-state index contributed by atoms with van der Waals surface area (Å²) >= 11 is 0. The van der Waals surface area contributed by atoms with Gasteiger partial charge in [0.2, 0.25) is 6.54 Å². The Morgan fingerprint density at radius 2 is 1.70 bits per heavy atom. The number of unbranched alkanes of at least 4 members (excludes halogenated alkanes) is 1. The Morgan fingerprint density at radius 1 is 1.17 bits per heavy atom. The first-order valence-corrected chi connectivity index (χ1v) is 10.9. The Bertz CT molecular complexity index is 416. The number of nitrogens with zero attached hydrogens (tertiary/aromatic N) is 1. The Labute approximate surface area is 140 Å². The summed E-state index contributed by atoms with van der Waals surface area (Å²) in [4.78, 5) is 22.4. The highest BCUT2D eigenvalue weighted by Gasteiger charge is 2.34. The fraction of sp³-hybridized carbons (Fsp3) is 0.812. The maximum atomic E-state index is 12.4. The highest BCUT2D eigenvalue weighted by molar-refractivity contribution is 6.74. The lowest BCUT2D eigenvalue weighted by Crippen LogP contribution is -2.38. The van der Waals surface area contributed by atoms with Crippen LogP contribution in [0.3, 0.4) is 0 Å². The van der Waals surface area contributed by atoms with E-state index in [0.717, 1.165) is 18.1 Å². The molecule has 134 valence electrons. The van der Waals surface area contributed by atoms with Gasteiger partial charge in [-0.1, -0.05) is 20.8 Å². The van der Waals surface area contributed by atoms with Gasteiger partial charge in [-0.2, -0.15) is 0 Å². The minimum atomic E-state index is -2.00. The molecule has 0 unspecified atom stereocenters. The van der Waals surface area contributed by atoms with Gasteiger partial charge in [-0.05, 0) is 51.4 Å². The van der Waals surface area contributed by atoms with E-state index in [0.29, 0.717) is 12.8 Å². The maximum absolute atomic E-state index is 12.4. The number of esters is 1. The lowest BCUT2D eigenvalue weighted by Gasteiger charge is -2.30. The molecule has 7 heteroatoms. The number of nitro groups is 1. The Kier molecular flexibility index (Phi) is 9.12. The molecule has 0 radical (unpaired) electrons. The van der Waals surface area contributed by atoms with Crippen LogP contribution in [0.5, 0.6) is 0 Å². The second-order valence-electron chi connectivity index (χ2n) is 6.61. The minimum Gasteiger partial charge on any atom is -0.539 e. The van der Waals surface area contributed by atoms with Crippen molar-refractivity contribution in [1.82, 2.24) is 0 Å². The largest absolute Gasteiger partial charge is 0.539 e. The van der Waals surface area contributed by atoms with Gasteiger partial charge in [0.05, 0.1) is 0 Å². The average Bonchev–Trinajstić information content (AvgIpc) is 2.45. The van der Waals surface area contributed by atoms with Crippen LogP contribution in [0.4, 0.5) is 0 Å². The molecule has 0 rings (SSSR count). The van der Waals surface area contributed by atoms with Gasteiger partial charge in [0, 0.05) is 11.3 Å². The molecule has 23 heavy (non-hydrogen) atoms. The van der Waals surface area contributed by atoms with Gasteiger partial charge in [-0.15, -0.1) is 0 Å². The molecule has 0 N–H and O–H groups in total. The lowest BCUT2D eigenvalue weighted by atomic mass is 10.2. The molecule has 0 aromatic carbocycles. The molecule has 0 fully saturated rings. The van der Waals surface area contributed by atoms with Crippen LogP contribution in [0.1, 0.15) is 54.4 Å². The predicted octanol–water partition coefficient (Wildman–Crippen LogP) is 4.29. The summed E-state index contributed by atoms with van der Waals surface area (Å²) in [6.07, 6.45) is 2.46. The molecule has 6 nitrogen and oxygen atoms in total. The number of ether oxygens (including phenoxy) is 1. The van der Waals surface area contributed by atoms with Crippen molar-refractivity contribution in [3.63, 3.8) is 0 Å². The molecule has 0 aliphatic heterocycles. The number of carbonyl (C=O) groups is 1. The third kappa shape index (κ3) is 8.73. The Morgan fingerprint density at radius 3 is 2.09 bits per heavy atom. The quantitative estimate of drug-likeness (QED) is 0.112. The molecular weight excluding hydrogens is 314 g/mol. The molecule has 0 aliphatic rings. The van der Waals surface area contributed by atoms with E-state index in [1.54, 1.807) is 26.8 Å². The zero-order chi connectivity index (χ0) is 18.1. The lowest BCUT2D eigenvalue weighted by molar-refractivity contribution is -0.480. The van der Waals surface area contributed by atoms with Crippen LogP contribution in [0, 0.1) is 10.1 Å². The second kappa shape index (κ2) is 9.70. The Hall–Kier alpha value is -1.37. The van der Waals surface area contributed by atoms with Crippen LogP contribution in [0.25, 0.3) is 0 Å². The van der Waals surface area contributed by atoms with E-state index in [4.69, 9.17) is 9.16 Å². The molecule has 0 amide bonds. The zero-order valence-corrected chi connectivity index (χ0v) is 16.3. The van der Waals surface area contributed by atoms with E-state index in [2.05, 4.69) is 20.8 Å². The van der Waals surface area contributed by atoms with E-state index in [-0.39, 0.29) is 17.2 Å². The number of carbonyl (C=O) groups excluding carboxylic acids is 1. The van der Waals surface area contributed by atoms with Crippen LogP contribution < -0.4 is 0 Å². The monoisotopic (exact) mass is 345 g/mol. The summed E-state index contributed by atoms with van der Waals surface area (Å²) in [6.45, 7) is 11.5. The van der Waals surface area contributed by atoms with Crippen molar-refractivity contribution in [3.8, 4) is 0 Å². The van der Waals surface area contributed by atoms with Crippen LogP contribution in [-0.4, -0.2) is 31.4 Å². The number of hydrogen-bond donors (Lipinski definition) is 0. The van der Waals surface area contributed by atoms with E-state index in [1.165, 1.54) is 0 Å². The highest BCUT2D eigenvalue weighted by atomic mass is 28.4. The summed E-state index contributed by atoms with van der Waals surface area (Å²) in [5.74, 6) is -0.258. The van der Waals surface area contributed by atoms with Gasteiger partial charge in [-0.3, -0.25) is 10.1 Å².